The fourth-order valence-corrected chi connectivity index (χ4v) is 2.75. The Kier molecular flexibility index (Phi) is 5.81. The first-order valence-electron chi connectivity index (χ1n) is 7.42. The average Bonchev–Trinajstić information content (AvgIpc) is 2.92. The van der Waals surface area contributed by atoms with Gasteiger partial charge < -0.3 is 9.64 Å². The molecule has 0 aromatic heterocycles. The fraction of sp³-hybridized carbons (Fsp3) is 0.933. The van der Waals surface area contributed by atoms with Crippen LogP contribution in [0.25, 0.3) is 0 Å². The molecule has 1 aliphatic carbocycles. The lowest BCUT2D eigenvalue weighted by atomic mass is 10.0. The maximum atomic E-state index is 12.2. The van der Waals surface area contributed by atoms with Gasteiger partial charge in [0.05, 0.1) is 6.61 Å². The summed E-state index contributed by atoms with van der Waals surface area (Å²) < 4.78 is 5.22. The Morgan fingerprint density at radius 2 is 2.11 bits per heavy atom. The standard InChI is InChI=1S/C15H30N2O2/c1-7-19-14(18)15(5,16-11(2)3)10-17(6)9-13-8-12(13)4/h11-13,16H,7-10H2,1-6H3. The van der Waals surface area contributed by atoms with Gasteiger partial charge in [0.25, 0.3) is 0 Å². The summed E-state index contributed by atoms with van der Waals surface area (Å²) in [5.41, 5.74) is -0.628. The van der Waals surface area contributed by atoms with Crippen LogP contribution in [0.4, 0.5) is 0 Å². The van der Waals surface area contributed by atoms with Crippen molar-refractivity contribution < 1.29 is 9.53 Å². The molecule has 0 saturated heterocycles. The van der Waals surface area contributed by atoms with Crippen LogP contribution in [0.15, 0.2) is 0 Å². The Hall–Kier alpha value is -0.610. The summed E-state index contributed by atoms with van der Waals surface area (Å²) in [5, 5.41) is 3.36. The molecule has 0 bridgehead atoms. The molecule has 0 radical (unpaired) electrons. The first-order chi connectivity index (χ1) is 8.78. The number of rotatable bonds is 8. The van der Waals surface area contributed by atoms with Gasteiger partial charge in [-0.3, -0.25) is 10.1 Å². The monoisotopic (exact) mass is 270 g/mol. The van der Waals surface area contributed by atoms with E-state index in [1.165, 1.54) is 6.42 Å². The highest BCUT2D eigenvalue weighted by Gasteiger charge is 2.39. The van der Waals surface area contributed by atoms with Crippen molar-refractivity contribution in [3.8, 4) is 0 Å². The summed E-state index contributed by atoms with van der Waals surface area (Å²) in [7, 11) is 2.09. The molecule has 1 saturated carbocycles. The van der Waals surface area contributed by atoms with Crippen LogP contribution in [0.5, 0.6) is 0 Å². The highest BCUT2D eigenvalue weighted by Crippen LogP contribution is 2.38. The Bertz CT molecular complexity index is 307. The van der Waals surface area contributed by atoms with Crippen molar-refractivity contribution in [1.82, 2.24) is 10.2 Å². The van der Waals surface area contributed by atoms with Crippen LogP contribution in [0.1, 0.15) is 41.0 Å². The number of nitrogens with one attached hydrogen (secondary N) is 1. The van der Waals surface area contributed by atoms with Crippen molar-refractivity contribution in [3.05, 3.63) is 0 Å². The van der Waals surface area contributed by atoms with Crippen LogP contribution < -0.4 is 5.32 Å². The van der Waals surface area contributed by atoms with Gasteiger partial charge in [0.15, 0.2) is 0 Å². The summed E-state index contributed by atoms with van der Waals surface area (Å²) in [6.07, 6.45) is 1.32. The van der Waals surface area contributed by atoms with Gasteiger partial charge in [0.1, 0.15) is 5.54 Å². The first kappa shape index (κ1) is 16.4. The molecule has 1 N–H and O–H groups in total. The molecule has 4 nitrogen and oxygen atoms in total. The molecule has 3 unspecified atom stereocenters. The van der Waals surface area contributed by atoms with Gasteiger partial charge in [-0.2, -0.15) is 0 Å². The van der Waals surface area contributed by atoms with Crippen molar-refractivity contribution in [2.24, 2.45) is 11.8 Å². The van der Waals surface area contributed by atoms with Gasteiger partial charge in [0.2, 0.25) is 0 Å². The van der Waals surface area contributed by atoms with Crippen molar-refractivity contribution in [1.29, 1.82) is 0 Å². The molecule has 112 valence electrons. The van der Waals surface area contributed by atoms with Crippen molar-refractivity contribution >= 4 is 5.97 Å². The van der Waals surface area contributed by atoms with Crippen LogP contribution in [0.2, 0.25) is 0 Å². The molecule has 3 atom stereocenters. The molecule has 0 spiro atoms. The van der Waals surface area contributed by atoms with Gasteiger partial charge in [0, 0.05) is 19.1 Å². The van der Waals surface area contributed by atoms with Gasteiger partial charge in [-0.1, -0.05) is 6.92 Å². The summed E-state index contributed by atoms with van der Waals surface area (Å²) >= 11 is 0. The van der Waals surface area contributed by atoms with Gasteiger partial charge in [-0.15, -0.1) is 0 Å². The Morgan fingerprint density at radius 3 is 2.53 bits per heavy atom. The van der Waals surface area contributed by atoms with Crippen LogP contribution in [0, 0.1) is 11.8 Å². The summed E-state index contributed by atoms with van der Waals surface area (Å²) in [6, 6.07) is 0.252. The van der Waals surface area contributed by atoms with Crippen LogP contribution in [-0.2, 0) is 9.53 Å². The molecule has 0 aromatic rings. The number of hydrogen-bond acceptors (Lipinski definition) is 4. The second-order valence-electron chi connectivity index (χ2n) is 6.52. The quantitative estimate of drug-likeness (QED) is 0.684. The van der Waals surface area contributed by atoms with E-state index in [-0.39, 0.29) is 12.0 Å². The molecule has 1 fully saturated rings. The maximum Gasteiger partial charge on any atom is 0.327 e. The lowest BCUT2D eigenvalue weighted by Gasteiger charge is -2.34. The van der Waals surface area contributed by atoms with E-state index < -0.39 is 5.54 Å². The zero-order valence-electron chi connectivity index (χ0n) is 13.3. The Balaban J connectivity index is 2.59. The minimum absolute atomic E-state index is 0.153. The summed E-state index contributed by atoms with van der Waals surface area (Å²) in [6.45, 7) is 12.4. The van der Waals surface area contributed by atoms with Crippen molar-refractivity contribution in [2.45, 2.75) is 52.6 Å². The lowest BCUT2D eigenvalue weighted by molar-refractivity contribution is -0.151. The van der Waals surface area contributed by atoms with Crippen LogP contribution in [0.3, 0.4) is 0 Å². The molecular formula is C15H30N2O2. The molecule has 1 rings (SSSR count). The lowest BCUT2D eigenvalue weighted by Crippen LogP contribution is -2.59. The number of carbonyl (C=O) groups excluding carboxylic acids is 1. The molecule has 0 heterocycles. The second-order valence-corrected chi connectivity index (χ2v) is 6.52. The molecule has 0 amide bonds. The highest BCUT2D eigenvalue weighted by atomic mass is 16.5. The van der Waals surface area contributed by atoms with E-state index in [0.717, 1.165) is 18.4 Å². The van der Waals surface area contributed by atoms with E-state index >= 15 is 0 Å². The molecule has 0 aromatic carbocycles. The largest absolute Gasteiger partial charge is 0.465 e. The number of hydrogen-bond donors (Lipinski definition) is 1. The zero-order valence-corrected chi connectivity index (χ0v) is 13.3. The predicted octanol–water partition coefficient (Wildman–Crippen LogP) is 1.89. The third-order valence-electron chi connectivity index (χ3n) is 3.74. The van der Waals surface area contributed by atoms with Crippen LogP contribution in [-0.4, -0.2) is 49.2 Å². The number of nitrogens with zero attached hydrogens (tertiary/aromatic N) is 1. The normalized spacial score (nSPS) is 25.5. The van der Waals surface area contributed by atoms with Crippen LogP contribution >= 0.6 is 0 Å². The maximum absolute atomic E-state index is 12.2. The zero-order chi connectivity index (χ0) is 14.6. The first-order valence-corrected chi connectivity index (χ1v) is 7.42. The average molecular weight is 270 g/mol. The van der Waals surface area contributed by atoms with E-state index in [0.29, 0.717) is 13.2 Å². The number of ether oxygens (including phenoxy) is 1. The number of carbonyl (C=O) groups is 1. The predicted molar refractivity (Wildman–Crippen MR) is 78.1 cm³/mol. The van der Waals surface area contributed by atoms with Gasteiger partial charge >= 0.3 is 5.97 Å². The molecule has 0 aliphatic heterocycles. The smallest absolute Gasteiger partial charge is 0.327 e. The summed E-state index contributed by atoms with van der Waals surface area (Å²) in [4.78, 5) is 14.4. The number of esters is 1. The summed E-state index contributed by atoms with van der Waals surface area (Å²) in [5.74, 6) is 1.49. The van der Waals surface area contributed by atoms with Crippen molar-refractivity contribution in [3.63, 3.8) is 0 Å². The molecular weight excluding hydrogens is 240 g/mol. The van der Waals surface area contributed by atoms with Gasteiger partial charge in [-0.05, 0) is 53.0 Å². The van der Waals surface area contributed by atoms with E-state index in [4.69, 9.17) is 4.74 Å². The minimum Gasteiger partial charge on any atom is -0.465 e. The molecule has 19 heavy (non-hydrogen) atoms. The van der Waals surface area contributed by atoms with Gasteiger partial charge in [-0.25, -0.2) is 0 Å². The number of likely N-dealkylation sites (N-methyl/N-ethyl adjacent to an activating group) is 1. The Morgan fingerprint density at radius 1 is 1.53 bits per heavy atom. The highest BCUT2D eigenvalue weighted by molar-refractivity contribution is 5.80. The third kappa shape index (κ3) is 5.11. The minimum atomic E-state index is -0.628. The second kappa shape index (κ2) is 6.71. The Labute approximate surface area is 117 Å². The van der Waals surface area contributed by atoms with E-state index in [1.54, 1.807) is 0 Å². The SMILES string of the molecule is CCOC(=O)C(C)(CN(C)CC1CC1C)NC(C)C. The van der Waals surface area contributed by atoms with E-state index in [1.807, 2.05) is 13.8 Å². The van der Waals surface area contributed by atoms with Crippen molar-refractivity contribution in [2.75, 3.05) is 26.7 Å². The topological polar surface area (TPSA) is 41.6 Å². The van der Waals surface area contributed by atoms with E-state index in [2.05, 4.69) is 38.0 Å². The molecule has 4 heteroatoms. The van der Waals surface area contributed by atoms with E-state index in [9.17, 15) is 4.79 Å². The third-order valence-corrected chi connectivity index (χ3v) is 3.74. The molecule has 1 aliphatic rings. The fourth-order valence-electron chi connectivity index (χ4n) is 2.75.